The van der Waals surface area contributed by atoms with Crippen molar-refractivity contribution in [1.82, 2.24) is 25.0 Å². The van der Waals surface area contributed by atoms with Gasteiger partial charge >= 0.3 is 0 Å². The number of nitrogens with one attached hydrogen (secondary N) is 1. The number of aromatic nitrogens is 3. The second-order valence-corrected chi connectivity index (χ2v) is 8.01. The Morgan fingerprint density at radius 2 is 2.00 bits per heavy atom. The maximum atomic E-state index is 4.92. The number of hydrogen-bond donors (Lipinski definition) is 1. The molecule has 3 fully saturated rings. The smallest absolute Gasteiger partial charge is 0.194 e. The average molecular weight is 330 g/mol. The molecule has 1 aliphatic heterocycles. The van der Waals surface area contributed by atoms with Crippen molar-refractivity contribution in [1.29, 1.82) is 0 Å². The van der Waals surface area contributed by atoms with Crippen LogP contribution in [0, 0.1) is 12.3 Å². The average Bonchev–Trinajstić information content (AvgIpc) is 3.25. The Morgan fingerprint density at radius 1 is 1.21 bits per heavy atom. The molecule has 1 N–H and O–H groups in total. The molecule has 1 aromatic rings. The second kappa shape index (κ2) is 6.37. The summed E-state index contributed by atoms with van der Waals surface area (Å²) in [5.74, 6) is 2.98. The number of guanidine groups is 1. The van der Waals surface area contributed by atoms with Crippen molar-refractivity contribution >= 4 is 5.96 Å². The number of likely N-dealkylation sites (tertiary alicyclic amines) is 1. The van der Waals surface area contributed by atoms with Crippen molar-refractivity contribution in [3.05, 3.63) is 11.6 Å². The Kier molecular flexibility index (Phi) is 4.22. The van der Waals surface area contributed by atoms with E-state index < -0.39 is 0 Å². The lowest BCUT2D eigenvalue weighted by atomic mass is 9.73. The lowest BCUT2D eigenvalue weighted by molar-refractivity contribution is 0.203. The van der Waals surface area contributed by atoms with Gasteiger partial charge in [-0.2, -0.15) is 0 Å². The van der Waals surface area contributed by atoms with Gasteiger partial charge in [0.15, 0.2) is 11.8 Å². The van der Waals surface area contributed by atoms with Crippen LogP contribution >= 0.6 is 0 Å². The van der Waals surface area contributed by atoms with Crippen LogP contribution in [0.3, 0.4) is 0 Å². The normalized spacial score (nSPS) is 23.9. The summed E-state index contributed by atoms with van der Waals surface area (Å²) in [6, 6.07) is 0.632. The fraction of sp³-hybridized carbons (Fsp3) is 0.833. The van der Waals surface area contributed by atoms with E-state index in [1.165, 1.54) is 57.9 Å². The first-order valence-electron chi connectivity index (χ1n) is 9.56. The van der Waals surface area contributed by atoms with Gasteiger partial charge in [0.2, 0.25) is 0 Å². The maximum absolute atomic E-state index is 4.92. The molecule has 4 rings (SSSR count). The van der Waals surface area contributed by atoms with Crippen LogP contribution in [-0.2, 0) is 13.6 Å². The molecule has 0 amide bonds. The lowest BCUT2D eigenvalue weighted by Gasteiger charge is -2.33. The predicted octanol–water partition coefficient (Wildman–Crippen LogP) is 2.39. The minimum atomic E-state index is 0.561. The Balaban J connectivity index is 1.47. The Hall–Kier alpha value is -1.59. The fourth-order valence-electron chi connectivity index (χ4n) is 4.21. The molecule has 3 aliphatic rings. The third kappa shape index (κ3) is 3.28. The quantitative estimate of drug-likeness (QED) is 0.683. The van der Waals surface area contributed by atoms with E-state index >= 15 is 0 Å². The van der Waals surface area contributed by atoms with Crippen molar-refractivity contribution < 1.29 is 0 Å². The van der Waals surface area contributed by atoms with Gasteiger partial charge in [-0.15, -0.1) is 10.2 Å². The molecule has 0 aromatic carbocycles. The molecule has 1 aromatic heterocycles. The third-order valence-electron chi connectivity index (χ3n) is 6.12. The van der Waals surface area contributed by atoms with Gasteiger partial charge in [0.25, 0.3) is 0 Å². The Bertz CT molecular complexity index is 609. The van der Waals surface area contributed by atoms with Crippen LogP contribution in [0.4, 0.5) is 0 Å². The van der Waals surface area contributed by atoms with Gasteiger partial charge in [0.05, 0.1) is 0 Å². The topological polar surface area (TPSA) is 58.3 Å². The molecule has 1 spiro atoms. The van der Waals surface area contributed by atoms with E-state index in [0.717, 1.165) is 24.2 Å². The lowest BCUT2D eigenvalue weighted by Crippen LogP contribution is -2.42. The van der Waals surface area contributed by atoms with Crippen LogP contribution in [0.1, 0.15) is 63.0 Å². The number of nitrogens with zero attached hydrogens (tertiary/aromatic N) is 5. The molecule has 24 heavy (non-hydrogen) atoms. The zero-order chi connectivity index (χ0) is 16.6. The zero-order valence-corrected chi connectivity index (χ0v) is 15.1. The fourth-order valence-corrected chi connectivity index (χ4v) is 4.21. The van der Waals surface area contributed by atoms with Gasteiger partial charge in [-0.25, -0.2) is 4.99 Å². The van der Waals surface area contributed by atoms with Gasteiger partial charge in [0, 0.05) is 26.2 Å². The van der Waals surface area contributed by atoms with Crippen molar-refractivity contribution in [3.8, 4) is 0 Å². The van der Waals surface area contributed by atoms with Crippen molar-refractivity contribution in [2.45, 2.75) is 70.9 Å². The van der Waals surface area contributed by atoms with Gasteiger partial charge in [-0.05, 0) is 44.4 Å². The molecule has 0 atom stereocenters. The summed E-state index contributed by atoms with van der Waals surface area (Å²) < 4.78 is 2.03. The first-order chi connectivity index (χ1) is 11.7. The van der Waals surface area contributed by atoms with Crippen molar-refractivity contribution in [2.24, 2.45) is 17.5 Å². The molecule has 2 heterocycles. The van der Waals surface area contributed by atoms with E-state index in [2.05, 4.69) is 20.4 Å². The highest BCUT2D eigenvalue weighted by Gasteiger charge is 2.40. The van der Waals surface area contributed by atoms with Gasteiger partial charge in [-0.3, -0.25) is 0 Å². The van der Waals surface area contributed by atoms with E-state index in [1.54, 1.807) is 0 Å². The molecule has 0 unspecified atom stereocenters. The second-order valence-electron chi connectivity index (χ2n) is 8.01. The molecule has 132 valence electrons. The van der Waals surface area contributed by atoms with E-state index in [0.29, 0.717) is 18.0 Å². The number of aliphatic imine (C=N–C) groups is 1. The third-order valence-corrected chi connectivity index (χ3v) is 6.12. The Labute approximate surface area is 144 Å². The van der Waals surface area contributed by atoms with Crippen molar-refractivity contribution in [2.75, 3.05) is 13.1 Å². The summed E-state index contributed by atoms with van der Waals surface area (Å²) in [7, 11) is 2.01. The Morgan fingerprint density at radius 3 is 2.67 bits per heavy atom. The summed E-state index contributed by atoms with van der Waals surface area (Å²) in [6.45, 7) is 4.92. The van der Waals surface area contributed by atoms with Crippen LogP contribution in [0.15, 0.2) is 4.99 Å². The highest BCUT2D eigenvalue weighted by molar-refractivity contribution is 5.81. The largest absolute Gasteiger partial charge is 0.353 e. The highest BCUT2D eigenvalue weighted by atomic mass is 15.3. The minimum Gasteiger partial charge on any atom is -0.353 e. The van der Waals surface area contributed by atoms with E-state index in [-0.39, 0.29) is 0 Å². The number of aryl methyl sites for hydroxylation is 1. The number of hydrogen-bond acceptors (Lipinski definition) is 3. The summed E-state index contributed by atoms with van der Waals surface area (Å²) in [6.07, 6.45) is 11.0. The van der Waals surface area contributed by atoms with Crippen LogP contribution in [0.5, 0.6) is 0 Å². The molecular weight excluding hydrogens is 300 g/mol. The first-order valence-corrected chi connectivity index (χ1v) is 9.56. The molecular formula is C18H30N6. The molecule has 2 saturated carbocycles. The SMILES string of the molecule is Cc1nnc(CN=C(NC2CC2)N2CCC3(CCCCC3)C2)n1C. The summed E-state index contributed by atoms with van der Waals surface area (Å²) in [4.78, 5) is 7.42. The van der Waals surface area contributed by atoms with E-state index in [9.17, 15) is 0 Å². The summed E-state index contributed by atoms with van der Waals surface area (Å²) >= 11 is 0. The van der Waals surface area contributed by atoms with Crippen LogP contribution in [0.25, 0.3) is 0 Å². The predicted molar refractivity (Wildman–Crippen MR) is 94.7 cm³/mol. The molecule has 6 heteroatoms. The van der Waals surface area contributed by atoms with E-state index in [1.807, 2.05) is 18.5 Å². The van der Waals surface area contributed by atoms with Crippen molar-refractivity contribution in [3.63, 3.8) is 0 Å². The molecule has 1 saturated heterocycles. The zero-order valence-electron chi connectivity index (χ0n) is 15.1. The van der Waals surface area contributed by atoms with Crippen LogP contribution < -0.4 is 5.32 Å². The van der Waals surface area contributed by atoms with E-state index in [4.69, 9.17) is 4.99 Å². The number of rotatable bonds is 3. The summed E-state index contributed by atoms with van der Waals surface area (Å²) in [5.41, 5.74) is 0.561. The minimum absolute atomic E-state index is 0.561. The first kappa shape index (κ1) is 15.9. The van der Waals surface area contributed by atoms with Crippen LogP contribution in [0.2, 0.25) is 0 Å². The maximum Gasteiger partial charge on any atom is 0.194 e. The highest BCUT2D eigenvalue weighted by Crippen LogP contribution is 2.43. The molecule has 0 bridgehead atoms. The molecule has 0 radical (unpaired) electrons. The standard InChI is InChI=1S/C18H30N6/c1-14-21-22-16(23(14)2)12-19-17(20-15-6-7-15)24-11-10-18(13-24)8-4-3-5-9-18/h15H,3-13H2,1-2H3,(H,19,20). The van der Waals surface area contributed by atoms with Gasteiger partial charge in [-0.1, -0.05) is 19.3 Å². The van der Waals surface area contributed by atoms with Gasteiger partial charge < -0.3 is 14.8 Å². The molecule has 6 nitrogen and oxygen atoms in total. The summed E-state index contributed by atoms with van der Waals surface area (Å²) in [5, 5.41) is 12.1. The van der Waals surface area contributed by atoms with Gasteiger partial charge in [0.1, 0.15) is 12.4 Å². The monoisotopic (exact) mass is 330 g/mol. The molecule has 2 aliphatic carbocycles. The van der Waals surface area contributed by atoms with Crippen LogP contribution in [-0.4, -0.2) is 44.8 Å².